The third-order valence-electron chi connectivity index (χ3n) is 4.54. The predicted molar refractivity (Wildman–Crippen MR) is 103 cm³/mol. The molecule has 1 heterocycles. The van der Waals surface area contributed by atoms with Gasteiger partial charge in [-0.15, -0.1) is 23.1 Å². The van der Waals surface area contributed by atoms with Crippen LogP contribution >= 0.6 is 23.1 Å². The zero-order chi connectivity index (χ0) is 16.9. The van der Waals surface area contributed by atoms with Crippen LogP contribution in [0.2, 0.25) is 0 Å². The molecule has 1 aliphatic rings. The Morgan fingerprint density at radius 1 is 1.21 bits per heavy atom. The number of nitrogens with one attached hydrogen (secondary N) is 1. The maximum atomic E-state index is 11.7. The largest absolute Gasteiger partial charge is 0.465 e. The van der Waals surface area contributed by atoms with Crippen molar-refractivity contribution in [2.45, 2.75) is 42.2 Å². The summed E-state index contributed by atoms with van der Waals surface area (Å²) in [6.45, 7) is 0. The molecule has 1 aliphatic carbocycles. The Morgan fingerprint density at radius 3 is 2.54 bits per heavy atom. The molecule has 1 saturated carbocycles. The Morgan fingerprint density at radius 2 is 1.92 bits per heavy atom. The quantitative estimate of drug-likeness (QED) is 0.520. The fourth-order valence-corrected chi connectivity index (χ4v) is 4.94. The molecule has 1 aromatic carbocycles. The molecule has 0 saturated heterocycles. The first-order valence-corrected chi connectivity index (χ1v) is 10.4. The van der Waals surface area contributed by atoms with Gasteiger partial charge in [-0.05, 0) is 48.8 Å². The summed E-state index contributed by atoms with van der Waals surface area (Å²) in [5.41, 5.74) is 3.48. The first-order chi connectivity index (χ1) is 11.7. The van der Waals surface area contributed by atoms with Gasteiger partial charge >= 0.3 is 5.97 Å². The maximum absolute atomic E-state index is 11.7. The number of anilines is 2. The van der Waals surface area contributed by atoms with Crippen LogP contribution in [0, 0.1) is 0 Å². The van der Waals surface area contributed by atoms with Crippen molar-refractivity contribution in [2.24, 2.45) is 0 Å². The van der Waals surface area contributed by atoms with Crippen molar-refractivity contribution in [3.8, 4) is 0 Å². The van der Waals surface area contributed by atoms with E-state index in [1.807, 2.05) is 12.3 Å². The van der Waals surface area contributed by atoms with Gasteiger partial charge in [0.2, 0.25) is 0 Å². The van der Waals surface area contributed by atoms with Crippen molar-refractivity contribution < 1.29 is 9.53 Å². The van der Waals surface area contributed by atoms with Gasteiger partial charge in [0, 0.05) is 5.69 Å². The van der Waals surface area contributed by atoms with E-state index in [-0.39, 0.29) is 5.97 Å². The Labute approximate surface area is 151 Å². The van der Waals surface area contributed by atoms with Crippen molar-refractivity contribution >= 4 is 40.4 Å². The van der Waals surface area contributed by atoms with Crippen LogP contribution in [0.4, 0.5) is 11.4 Å². The minimum Gasteiger partial charge on any atom is -0.465 e. The van der Waals surface area contributed by atoms with E-state index in [0.717, 1.165) is 21.5 Å². The second-order valence-electron chi connectivity index (χ2n) is 6.09. The van der Waals surface area contributed by atoms with Crippen LogP contribution in [0.5, 0.6) is 0 Å². The zero-order valence-corrected chi connectivity index (χ0v) is 15.8. The van der Waals surface area contributed by atoms with Gasteiger partial charge in [-0.1, -0.05) is 31.4 Å². The van der Waals surface area contributed by atoms with Gasteiger partial charge in [-0.3, -0.25) is 0 Å². The van der Waals surface area contributed by atoms with Crippen LogP contribution in [-0.2, 0) is 4.74 Å². The molecule has 128 valence electrons. The molecule has 5 heteroatoms. The fraction of sp³-hybridized carbons (Fsp3) is 0.421. The molecule has 0 radical (unpaired) electrons. The SMILES string of the molecule is COC(=O)c1cc(Nc2ccc(C3CCCCC3)cc2)c(SC)s1. The summed E-state index contributed by atoms with van der Waals surface area (Å²) in [5, 5.41) is 3.43. The minimum absolute atomic E-state index is 0.281. The van der Waals surface area contributed by atoms with Gasteiger partial charge in [-0.2, -0.15) is 0 Å². The van der Waals surface area contributed by atoms with E-state index in [9.17, 15) is 4.79 Å². The van der Waals surface area contributed by atoms with E-state index in [4.69, 9.17) is 4.74 Å². The Kier molecular flexibility index (Phi) is 5.85. The van der Waals surface area contributed by atoms with E-state index in [0.29, 0.717) is 4.88 Å². The molecule has 1 aromatic heterocycles. The Hall–Kier alpha value is -1.46. The number of ether oxygens (including phenoxy) is 1. The predicted octanol–water partition coefficient (Wildman–Crippen LogP) is 6.05. The fourth-order valence-electron chi connectivity index (χ4n) is 3.24. The third kappa shape index (κ3) is 3.95. The number of rotatable bonds is 5. The van der Waals surface area contributed by atoms with Crippen LogP contribution in [-0.4, -0.2) is 19.3 Å². The highest BCUT2D eigenvalue weighted by Crippen LogP contribution is 2.37. The van der Waals surface area contributed by atoms with Crippen LogP contribution in [0.15, 0.2) is 34.5 Å². The summed E-state index contributed by atoms with van der Waals surface area (Å²) in [7, 11) is 1.41. The summed E-state index contributed by atoms with van der Waals surface area (Å²) < 4.78 is 5.91. The Balaban J connectivity index is 1.73. The number of thiophene rings is 1. The van der Waals surface area contributed by atoms with E-state index in [2.05, 4.69) is 29.6 Å². The number of carbonyl (C=O) groups is 1. The van der Waals surface area contributed by atoms with E-state index in [1.165, 1.54) is 56.1 Å². The molecule has 0 spiro atoms. The van der Waals surface area contributed by atoms with Crippen LogP contribution < -0.4 is 5.32 Å². The molecule has 24 heavy (non-hydrogen) atoms. The molecule has 2 aromatic rings. The molecular formula is C19H23NO2S2. The van der Waals surface area contributed by atoms with E-state index < -0.39 is 0 Å². The molecule has 0 atom stereocenters. The summed E-state index contributed by atoms with van der Waals surface area (Å²) in [6, 6.07) is 10.6. The molecule has 1 N–H and O–H groups in total. The van der Waals surface area contributed by atoms with Gasteiger partial charge in [0.15, 0.2) is 0 Å². The maximum Gasteiger partial charge on any atom is 0.348 e. The third-order valence-corrected chi connectivity index (χ3v) is 6.79. The van der Waals surface area contributed by atoms with Crippen LogP contribution in [0.25, 0.3) is 0 Å². The average Bonchev–Trinajstić information content (AvgIpc) is 3.05. The molecule has 3 nitrogen and oxygen atoms in total. The monoisotopic (exact) mass is 361 g/mol. The molecular weight excluding hydrogens is 338 g/mol. The second-order valence-corrected chi connectivity index (χ2v) is 8.22. The number of carbonyl (C=O) groups excluding carboxylic acids is 1. The van der Waals surface area contributed by atoms with Crippen molar-refractivity contribution in [1.82, 2.24) is 0 Å². The first kappa shape index (κ1) is 17.4. The standard InChI is InChI=1S/C19H23NO2S2/c1-22-18(21)17-12-16(19(23-2)24-17)20-15-10-8-14(9-11-15)13-6-4-3-5-7-13/h8-13,20H,3-7H2,1-2H3. The second kappa shape index (κ2) is 8.08. The minimum atomic E-state index is -0.281. The lowest BCUT2D eigenvalue weighted by Crippen LogP contribution is -2.04. The highest BCUT2D eigenvalue weighted by atomic mass is 32.2. The van der Waals surface area contributed by atoms with Crippen molar-refractivity contribution in [3.63, 3.8) is 0 Å². The zero-order valence-electron chi connectivity index (χ0n) is 14.1. The van der Waals surface area contributed by atoms with Gasteiger partial charge in [0.05, 0.1) is 17.0 Å². The molecule has 0 bridgehead atoms. The van der Waals surface area contributed by atoms with Crippen molar-refractivity contribution in [1.29, 1.82) is 0 Å². The first-order valence-electron chi connectivity index (χ1n) is 8.34. The van der Waals surface area contributed by atoms with Crippen LogP contribution in [0.3, 0.4) is 0 Å². The summed E-state index contributed by atoms with van der Waals surface area (Å²) in [5.74, 6) is 0.442. The average molecular weight is 362 g/mol. The smallest absolute Gasteiger partial charge is 0.348 e. The number of hydrogen-bond acceptors (Lipinski definition) is 5. The van der Waals surface area contributed by atoms with Gasteiger partial charge < -0.3 is 10.1 Å². The number of benzene rings is 1. The number of hydrogen-bond donors (Lipinski definition) is 1. The normalized spacial score (nSPS) is 15.2. The topological polar surface area (TPSA) is 38.3 Å². The Bertz CT molecular complexity index is 688. The van der Waals surface area contributed by atoms with Gasteiger partial charge in [-0.25, -0.2) is 4.79 Å². The van der Waals surface area contributed by atoms with Gasteiger partial charge in [0.1, 0.15) is 4.88 Å². The lowest BCUT2D eigenvalue weighted by atomic mass is 9.84. The van der Waals surface area contributed by atoms with Crippen LogP contribution in [0.1, 0.15) is 53.3 Å². The van der Waals surface area contributed by atoms with E-state index >= 15 is 0 Å². The van der Waals surface area contributed by atoms with E-state index in [1.54, 1.807) is 11.8 Å². The lowest BCUT2D eigenvalue weighted by Gasteiger charge is -2.22. The number of thioether (sulfide) groups is 1. The summed E-state index contributed by atoms with van der Waals surface area (Å²) >= 11 is 3.10. The summed E-state index contributed by atoms with van der Waals surface area (Å²) in [6.07, 6.45) is 8.74. The summed E-state index contributed by atoms with van der Waals surface area (Å²) in [4.78, 5) is 12.3. The lowest BCUT2D eigenvalue weighted by molar-refractivity contribution is 0.0606. The molecule has 3 rings (SSSR count). The van der Waals surface area contributed by atoms with Crippen molar-refractivity contribution in [3.05, 3.63) is 40.8 Å². The molecule has 0 amide bonds. The highest BCUT2D eigenvalue weighted by Gasteiger charge is 2.16. The van der Waals surface area contributed by atoms with Gasteiger partial charge in [0.25, 0.3) is 0 Å². The molecule has 1 fully saturated rings. The van der Waals surface area contributed by atoms with Crippen molar-refractivity contribution in [2.75, 3.05) is 18.7 Å². The molecule has 0 aliphatic heterocycles. The number of esters is 1. The number of methoxy groups -OCH3 is 1. The molecule has 0 unspecified atom stereocenters. The highest BCUT2D eigenvalue weighted by molar-refractivity contribution is 8.00.